The van der Waals surface area contributed by atoms with E-state index in [2.05, 4.69) is 21.2 Å². The number of carbonyl (C=O) groups is 2. The lowest BCUT2D eigenvalue weighted by atomic mass is 10.1. The summed E-state index contributed by atoms with van der Waals surface area (Å²) in [6.07, 6.45) is 0. The first-order chi connectivity index (χ1) is 7.08. The number of ether oxygens (including phenoxy) is 1. The lowest BCUT2D eigenvalue weighted by Gasteiger charge is -2.19. The predicted molar refractivity (Wildman–Crippen MR) is 55.2 cm³/mol. The van der Waals surface area contributed by atoms with Crippen LogP contribution in [0.4, 0.5) is 5.69 Å². The molecule has 0 saturated heterocycles. The summed E-state index contributed by atoms with van der Waals surface area (Å²) in [6.45, 7) is -0.158. The molecule has 1 aromatic rings. The fourth-order valence-corrected chi connectivity index (χ4v) is 1.78. The highest BCUT2D eigenvalue weighted by Gasteiger charge is 2.23. The van der Waals surface area contributed by atoms with E-state index in [1.165, 1.54) is 6.07 Å². The zero-order valence-electron chi connectivity index (χ0n) is 7.41. The normalized spacial score (nSPS) is 13.8. The molecule has 2 rings (SSSR count). The number of benzene rings is 1. The highest BCUT2D eigenvalue weighted by Crippen LogP contribution is 2.34. The minimum Gasteiger partial charge on any atom is -0.481 e. The van der Waals surface area contributed by atoms with Crippen LogP contribution in [0, 0.1) is 0 Å². The third kappa shape index (κ3) is 1.80. The summed E-state index contributed by atoms with van der Waals surface area (Å²) in [4.78, 5) is 21.9. The zero-order valence-corrected chi connectivity index (χ0v) is 9.00. The second-order valence-corrected chi connectivity index (χ2v) is 3.89. The summed E-state index contributed by atoms with van der Waals surface area (Å²) >= 11 is 3.16. The number of carboxylic acids is 1. The molecule has 1 aliphatic rings. The average molecular weight is 272 g/mol. The Morgan fingerprint density at radius 2 is 2.27 bits per heavy atom. The molecule has 5 nitrogen and oxygen atoms in total. The van der Waals surface area contributed by atoms with Crippen LogP contribution in [0.2, 0.25) is 0 Å². The number of anilines is 1. The predicted octanol–water partition coefficient (Wildman–Crippen LogP) is 1.48. The highest BCUT2D eigenvalue weighted by atomic mass is 79.9. The van der Waals surface area contributed by atoms with Crippen LogP contribution in [0.5, 0.6) is 5.75 Å². The van der Waals surface area contributed by atoms with Gasteiger partial charge in [-0.2, -0.15) is 0 Å². The molecular formula is C9H6BrNO4. The fourth-order valence-electron chi connectivity index (χ4n) is 1.32. The Bertz CT molecular complexity index is 458. The van der Waals surface area contributed by atoms with Crippen molar-refractivity contribution in [3.05, 3.63) is 22.2 Å². The van der Waals surface area contributed by atoms with Gasteiger partial charge in [-0.25, -0.2) is 4.79 Å². The molecule has 1 amide bonds. The first kappa shape index (κ1) is 9.97. The van der Waals surface area contributed by atoms with Crippen molar-refractivity contribution < 1.29 is 19.4 Å². The van der Waals surface area contributed by atoms with Gasteiger partial charge >= 0.3 is 5.97 Å². The number of carbonyl (C=O) groups excluding carboxylic acids is 1. The molecule has 0 atom stereocenters. The van der Waals surface area contributed by atoms with Crippen LogP contribution >= 0.6 is 15.9 Å². The van der Waals surface area contributed by atoms with Gasteiger partial charge in [-0.3, -0.25) is 4.79 Å². The molecule has 0 saturated carbocycles. The Morgan fingerprint density at radius 3 is 2.93 bits per heavy atom. The largest absolute Gasteiger partial charge is 0.481 e. The van der Waals surface area contributed by atoms with Crippen molar-refractivity contribution in [3.63, 3.8) is 0 Å². The van der Waals surface area contributed by atoms with Gasteiger partial charge in [-0.05, 0) is 12.1 Å². The van der Waals surface area contributed by atoms with Gasteiger partial charge in [-0.15, -0.1) is 0 Å². The van der Waals surface area contributed by atoms with E-state index in [1.807, 2.05) is 0 Å². The van der Waals surface area contributed by atoms with E-state index < -0.39 is 5.97 Å². The number of fused-ring (bicyclic) bond motifs is 1. The SMILES string of the molecule is O=C1COc2c(cc(Br)cc2C(=O)O)N1. The number of nitrogens with one attached hydrogen (secondary N) is 1. The van der Waals surface area contributed by atoms with E-state index >= 15 is 0 Å². The topological polar surface area (TPSA) is 75.6 Å². The van der Waals surface area contributed by atoms with Gasteiger partial charge in [0, 0.05) is 4.47 Å². The Labute approximate surface area is 93.2 Å². The smallest absolute Gasteiger partial charge is 0.339 e. The molecule has 0 radical (unpaired) electrons. The number of hydrogen-bond donors (Lipinski definition) is 2. The van der Waals surface area contributed by atoms with E-state index in [4.69, 9.17) is 9.84 Å². The van der Waals surface area contributed by atoms with Gasteiger partial charge in [0.2, 0.25) is 0 Å². The Balaban J connectivity index is 2.58. The summed E-state index contributed by atoms with van der Waals surface area (Å²) in [5.41, 5.74) is 0.400. The second-order valence-electron chi connectivity index (χ2n) is 2.97. The van der Waals surface area contributed by atoms with Crippen LogP contribution in [-0.4, -0.2) is 23.6 Å². The van der Waals surface area contributed by atoms with Crippen molar-refractivity contribution in [3.8, 4) is 5.75 Å². The number of hydrogen-bond acceptors (Lipinski definition) is 3. The third-order valence-corrected chi connectivity index (χ3v) is 2.36. The summed E-state index contributed by atoms with van der Waals surface area (Å²) in [6, 6.07) is 3.03. The van der Waals surface area contributed by atoms with Crippen molar-refractivity contribution in [2.24, 2.45) is 0 Å². The molecule has 15 heavy (non-hydrogen) atoms. The van der Waals surface area contributed by atoms with Crippen LogP contribution < -0.4 is 10.1 Å². The quantitative estimate of drug-likeness (QED) is 0.811. The molecule has 0 spiro atoms. The third-order valence-electron chi connectivity index (χ3n) is 1.91. The van der Waals surface area contributed by atoms with Crippen LogP contribution in [0.3, 0.4) is 0 Å². The van der Waals surface area contributed by atoms with Crippen molar-refractivity contribution in [1.29, 1.82) is 0 Å². The molecule has 1 aliphatic heterocycles. The molecule has 1 aromatic carbocycles. The van der Waals surface area contributed by atoms with Crippen LogP contribution in [0.25, 0.3) is 0 Å². The molecule has 0 aromatic heterocycles. The van der Waals surface area contributed by atoms with Crippen molar-refractivity contribution in [2.45, 2.75) is 0 Å². The lowest BCUT2D eigenvalue weighted by Crippen LogP contribution is -2.26. The summed E-state index contributed by atoms with van der Waals surface area (Å²) in [7, 11) is 0. The van der Waals surface area contributed by atoms with Gasteiger partial charge in [-0.1, -0.05) is 15.9 Å². The lowest BCUT2D eigenvalue weighted by molar-refractivity contribution is -0.118. The van der Waals surface area contributed by atoms with Gasteiger partial charge in [0.1, 0.15) is 5.56 Å². The maximum Gasteiger partial charge on any atom is 0.339 e. The summed E-state index contributed by atoms with van der Waals surface area (Å²) in [5, 5.41) is 11.5. The van der Waals surface area contributed by atoms with Gasteiger partial charge in [0.25, 0.3) is 5.91 Å². The zero-order chi connectivity index (χ0) is 11.0. The Morgan fingerprint density at radius 1 is 1.53 bits per heavy atom. The number of halogens is 1. The van der Waals surface area contributed by atoms with Crippen LogP contribution in [0.1, 0.15) is 10.4 Å². The maximum atomic E-state index is 11.0. The second kappa shape index (κ2) is 3.54. The molecule has 1 heterocycles. The number of carboxylic acid groups (broad SMARTS) is 1. The Hall–Kier alpha value is -1.56. The van der Waals surface area contributed by atoms with E-state index in [0.717, 1.165) is 0 Å². The molecule has 0 fully saturated rings. The molecule has 78 valence electrons. The van der Waals surface area contributed by atoms with Crippen molar-refractivity contribution >= 4 is 33.5 Å². The number of rotatable bonds is 1. The highest BCUT2D eigenvalue weighted by molar-refractivity contribution is 9.10. The first-order valence-corrected chi connectivity index (χ1v) is 4.86. The molecule has 6 heteroatoms. The van der Waals surface area contributed by atoms with Gasteiger partial charge in [0.05, 0.1) is 5.69 Å². The fraction of sp³-hybridized carbons (Fsp3) is 0.111. The average Bonchev–Trinajstić information content (AvgIpc) is 2.15. The van der Waals surface area contributed by atoms with E-state index in [9.17, 15) is 9.59 Å². The van der Waals surface area contributed by atoms with Crippen molar-refractivity contribution in [1.82, 2.24) is 0 Å². The summed E-state index contributed by atoms with van der Waals surface area (Å²) in [5.74, 6) is -1.19. The van der Waals surface area contributed by atoms with E-state index in [0.29, 0.717) is 10.2 Å². The monoisotopic (exact) mass is 271 g/mol. The van der Waals surface area contributed by atoms with Crippen molar-refractivity contribution in [2.75, 3.05) is 11.9 Å². The van der Waals surface area contributed by atoms with Gasteiger partial charge < -0.3 is 15.2 Å². The summed E-state index contributed by atoms with van der Waals surface area (Å²) < 4.78 is 5.64. The minimum absolute atomic E-state index is 0.0272. The number of aromatic carboxylic acids is 1. The standard InChI is InChI=1S/C9H6BrNO4/c10-4-1-5(9(13)14)8-6(2-4)11-7(12)3-15-8/h1-2H,3H2,(H,11,12)(H,13,14). The molecule has 0 unspecified atom stereocenters. The molecular weight excluding hydrogens is 266 g/mol. The van der Waals surface area contributed by atoms with E-state index in [-0.39, 0.29) is 23.8 Å². The van der Waals surface area contributed by atoms with Crippen LogP contribution in [-0.2, 0) is 4.79 Å². The molecule has 2 N–H and O–H groups in total. The van der Waals surface area contributed by atoms with E-state index in [1.54, 1.807) is 6.07 Å². The molecule has 0 bridgehead atoms. The minimum atomic E-state index is -1.09. The van der Waals surface area contributed by atoms with Gasteiger partial charge in [0.15, 0.2) is 12.4 Å². The molecule has 0 aliphatic carbocycles. The number of amides is 1. The Kier molecular flexibility index (Phi) is 2.36. The first-order valence-electron chi connectivity index (χ1n) is 4.07. The maximum absolute atomic E-state index is 11.0. The van der Waals surface area contributed by atoms with Crippen LogP contribution in [0.15, 0.2) is 16.6 Å².